The second-order valence-corrected chi connectivity index (χ2v) is 11.6. The summed E-state index contributed by atoms with van der Waals surface area (Å²) in [6.07, 6.45) is 3.85. The highest BCUT2D eigenvalue weighted by Gasteiger charge is 2.48. The number of rotatable bonds is 13. The molecule has 8 heteroatoms. The third kappa shape index (κ3) is 8.12. The Morgan fingerprint density at radius 2 is 1.68 bits per heavy atom. The highest BCUT2D eigenvalue weighted by Crippen LogP contribution is 2.47. The van der Waals surface area contributed by atoms with E-state index in [1.165, 1.54) is 0 Å². The summed E-state index contributed by atoms with van der Waals surface area (Å²) >= 11 is 0. The Kier molecular flexibility index (Phi) is 9.87. The predicted molar refractivity (Wildman–Crippen MR) is 144 cm³/mol. The smallest absolute Gasteiger partial charge is 0.243 e. The third-order valence-electron chi connectivity index (χ3n) is 7.39. The molecule has 1 saturated carbocycles. The first kappa shape index (κ1) is 28.8. The zero-order chi connectivity index (χ0) is 27.2. The van der Waals surface area contributed by atoms with Gasteiger partial charge in [0, 0.05) is 24.4 Å². The van der Waals surface area contributed by atoms with Crippen molar-refractivity contribution in [2.45, 2.75) is 97.3 Å². The number of carbonyl (C=O) groups excluding carboxylic acids is 4. The fourth-order valence-electron chi connectivity index (χ4n) is 4.89. The van der Waals surface area contributed by atoms with Crippen molar-refractivity contribution >= 4 is 23.5 Å². The molecule has 1 heterocycles. The average molecular weight is 513 g/mol. The van der Waals surface area contributed by atoms with Gasteiger partial charge in [0.1, 0.15) is 12.1 Å². The number of nitrogens with one attached hydrogen (secondary N) is 3. The lowest BCUT2D eigenvalue weighted by Gasteiger charge is -2.28. The van der Waals surface area contributed by atoms with Gasteiger partial charge in [0.2, 0.25) is 17.7 Å². The van der Waals surface area contributed by atoms with Crippen LogP contribution < -0.4 is 16.0 Å². The lowest BCUT2D eigenvalue weighted by molar-refractivity contribution is -0.139. The maximum absolute atomic E-state index is 13.6. The van der Waals surface area contributed by atoms with Crippen LogP contribution in [0.15, 0.2) is 30.3 Å². The fraction of sp³-hybridized carbons (Fsp3) is 0.655. The minimum absolute atomic E-state index is 0.0737. The molecular formula is C29H44N4O4. The zero-order valence-electron chi connectivity index (χ0n) is 23.0. The molecular weight excluding hydrogens is 468 g/mol. The van der Waals surface area contributed by atoms with E-state index in [2.05, 4.69) is 16.0 Å². The molecule has 0 spiro atoms. The Bertz CT molecular complexity index is 958. The molecule has 3 rings (SSSR count). The van der Waals surface area contributed by atoms with Crippen molar-refractivity contribution in [2.75, 3.05) is 13.1 Å². The van der Waals surface area contributed by atoms with E-state index in [4.69, 9.17) is 0 Å². The second kappa shape index (κ2) is 12.7. The normalized spacial score (nSPS) is 20.0. The number of carbonyl (C=O) groups is 4. The van der Waals surface area contributed by atoms with E-state index in [9.17, 15) is 19.2 Å². The Balaban J connectivity index is 1.74. The van der Waals surface area contributed by atoms with Gasteiger partial charge in [-0.2, -0.15) is 0 Å². The van der Waals surface area contributed by atoms with E-state index in [1.807, 2.05) is 65.0 Å². The molecule has 1 aliphatic heterocycles. The summed E-state index contributed by atoms with van der Waals surface area (Å²) in [4.78, 5) is 54.5. The number of likely N-dealkylation sites (tertiary alicyclic amines) is 1. The van der Waals surface area contributed by atoms with Crippen LogP contribution >= 0.6 is 0 Å². The van der Waals surface area contributed by atoms with Crippen LogP contribution in [0, 0.1) is 11.3 Å². The molecule has 3 amide bonds. The fourth-order valence-corrected chi connectivity index (χ4v) is 4.89. The van der Waals surface area contributed by atoms with Crippen LogP contribution in [0.5, 0.6) is 0 Å². The summed E-state index contributed by atoms with van der Waals surface area (Å²) in [5.41, 5.74) is 0.545. The molecule has 8 nitrogen and oxygen atoms in total. The number of ketones is 1. The summed E-state index contributed by atoms with van der Waals surface area (Å²) in [5.74, 6) is -0.498. The molecule has 2 aliphatic rings. The lowest BCUT2D eigenvalue weighted by Crippen LogP contribution is -2.57. The predicted octanol–water partition coefficient (Wildman–Crippen LogP) is 2.60. The van der Waals surface area contributed by atoms with Crippen LogP contribution in [-0.2, 0) is 25.6 Å². The Labute approximate surface area is 221 Å². The number of nitrogens with zero attached hydrogens (tertiary/aromatic N) is 1. The van der Waals surface area contributed by atoms with Crippen molar-refractivity contribution in [1.29, 1.82) is 0 Å². The molecule has 1 aromatic rings. The number of hydrogen-bond acceptors (Lipinski definition) is 5. The molecule has 0 bridgehead atoms. The van der Waals surface area contributed by atoms with E-state index in [0.717, 1.165) is 24.8 Å². The van der Waals surface area contributed by atoms with Gasteiger partial charge < -0.3 is 20.9 Å². The summed E-state index contributed by atoms with van der Waals surface area (Å²) in [6, 6.07) is 7.64. The first-order valence-corrected chi connectivity index (χ1v) is 13.7. The highest BCUT2D eigenvalue weighted by molar-refractivity contribution is 5.97. The molecule has 0 unspecified atom stereocenters. The quantitative estimate of drug-likeness (QED) is 0.377. The summed E-state index contributed by atoms with van der Waals surface area (Å²) < 4.78 is 0. The zero-order valence-corrected chi connectivity index (χ0v) is 23.0. The molecule has 37 heavy (non-hydrogen) atoms. The number of benzene rings is 1. The molecule has 3 atom stereocenters. The van der Waals surface area contributed by atoms with E-state index >= 15 is 0 Å². The lowest BCUT2D eigenvalue weighted by atomic mass is 9.91. The van der Waals surface area contributed by atoms with Crippen molar-refractivity contribution in [3.8, 4) is 0 Å². The van der Waals surface area contributed by atoms with Crippen LogP contribution in [0.4, 0.5) is 0 Å². The van der Waals surface area contributed by atoms with Gasteiger partial charge in [0.15, 0.2) is 5.78 Å². The molecule has 0 radical (unpaired) electrons. The van der Waals surface area contributed by atoms with Crippen molar-refractivity contribution in [1.82, 2.24) is 20.9 Å². The SMILES string of the molecule is CC(C)C[C@H](NC(=O)[C@H](Cc1ccccc1)NC(=O)[C@@H]1CCCN1C(=O)CNC(C)C)C(=O)C1(C)CC1. The van der Waals surface area contributed by atoms with E-state index < -0.39 is 18.1 Å². The van der Waals surface area contributed by atoms with Crippen LogP contribution in [0.3, 0.4) is 0 Å². The first-order chi connectivity index (χ1) is 17.5. The van der Waals surface area contributed by atoms with Gasteiger partial charge in [0.25, 0.3) is 0 Å². The Morgan fingerprint density at radius 1 is 1.00 bits per heavy atom. The Hall–Kier alpha value is -2.74. The van der Waals surface area contributed by atoms with Crippen LogP contribution in [0.25, 0.3) is 0 Å². The van der Waals surface area contributed by atoms with Crippen LogP contribution in [0.2, 0.25) is 0 Å². The van der Waals surface area contributed by atoms with Crippen molar-refractivity contribution in [3.05, 3.63) is 35.9 Å². The maximum atomic E-state index is 13.6. The average Bonchev–Trinajstić information content (AvgIpc) is 3.40. The van der Waals surface area contributed by atoms with Gasteiger partial charge in [0.05, 0.1) is 12.6 Å². The van der Waals surface area contributed by atoms with E-state index in [0.29, 0.717) is 25.8 Å². The van der Waals surface area contributed by atoms with Gasteiger partial charge in [-0.05, 0) is 43.6 Å². The standard InChI is InChI=1S/C29H44N4O4/c1-19(2)16-22(26(35)29(5)13-14-29)31-27(36)23(17-21-10-7-6-8-11-21)32-28(37)24-12-9-15-33(24)25(34)18-30-20(3)4/h6-8,10-11,19-20,22-24,30H,9,12-18H2,1-5H3,(H,31,36)(H,32,37)/t22-,23-,24-/m0/s1. The molecule has 3 N–H and O–H groups in total. The molecule has 1 aromatic carbocycles. The van der Waals surface area contributed by atoms with Crippen molar-refractivity contribution < 1.29 is 19.2 Å². The number of hydrogen-bond donors (Lipinski definition) is 3. The molecule has 1 aliphatic carbocycles. The molecule has 2 fully saturated rings. The topological polar surface area (TPSA) is 108 Å². The first-order valence-electron chi connectivity index (χ1n) is 13.7. The largest absolute Gasteiger partial charge is 0.344 e. The molecule has 204 valence electrons. The van der Waals surface area contributed by atoms with E-state index in [-0.39, 0.29) is 47.4 Å². The number of amides is 3. The maximum Gasteiger partial charge on any atom is 0.243 e. The van der Waals surface area contributed by atoms with Gasteiger partial charge in [-0.1, -0.05) is 65.0 Å². The molecule has 1 saturated heterocycles. The van der Waals surface area contributed by atoms with E-state index in [1.54, 1.807) is 4.90 Å². The Morgan fingerprint density at radius 3 is 2.27 bits per heavy atom. The summed E-state index contributed by atoms with van der Waals surface area (Å²) in [7, 11) is 0. The van der Waals surface area contributed by atoms with Gasteiger partial charge >= 0.3 is 0 Å². The highest BCUT2D eigenvalue weighted by atomic mass is 16.2. The minimum atomic E-state index is -0.851. The van der Waals surface area contributed by atoms with Gasteiger partial charge in [-0.3, -0.25) is 19.2 Å². The van der Waals surface area contributed by atoms with Crippen LogP contribution in [0.1, 0.15) is 72.3 Å². The summed E-state index contributed by atoms with van der Waals surface area (Å²) in [6.45, 7) is 10.7. The van der Waals surface area contributed by atoms with Gasteiger partial charge in [-0.15, -0.1) is 0 Å². The second-order valence-electron chi connectivity index (χ2n) is 11.6. The van der Waals surface area contributed by atoms with Crippen LogP contribution in [-0.4, -0.2) is 65.7 Å². The third-order valence-corrected chi connectivity index (χ3v) is 7.39. The van der Waals surface area contributed by atoms with Crippen molar-refractivity contribution in [2.24, 2.45) is 11.3 Å². The van der Waals surface area contributed by atoms with Crippen molar-refractivity contribution in [3.63, 3.8) is 0 Å². The number of Topliss-reactive ketones (excluding diaryl/α,β-unsaturated/α-hetero) is 1. The summed E-state index contributed by atoms with van der Waals surface area (Å²) in [5, 5.41) is 9.04. The van der Waals surface area contributed by atoms with Gasteiger partial charge in [-0.25, -0.2) is 0 Å². The minimum Gasteiger partial charge on any atom is -0.344 e. The molecule has 0 aromatic heterocycles. The monoisotopic (exact) mass is 512 g/mol.